The molecule has 0 fully saturated rings. The maximum Gasteiger partial charge on any atom is 0.315 e. The number of aromatic nitrogens is 1. The highest BCUT2D eigenvalue weighted by molar-refractivity contribution is 5.86. The average molecular weight is 465 g/mol. The van der Waals surface area contributed by atoms with Crippen molar-refractivity contribution in [3.63, 3.8) is 0 Å². The van der Waals surface area contributed by atoms with Gasteiger partial charge in [0.2, 0.25) is 5.91 Å². The molecule has 0 bridgehead atoms. The number of rotatable bonds is 11. The molecule has 0 aliphatic rings. The van der Waals surface area contributed by atoms with Gasteiger partial charge >= 0.3 is 6.03 Å². The maximum atomic E-state index is 13.0. The number of halogens is 1. The van der Waals surface area contributed by atoms with Gasteiger partial charge in [-0.3, -0.25) is 9.78 Å². The minimum atomic E-state index is -0.652. The number of carbonyl (C=O) groups excluding carboxylic acids is 2. The van der Waals surface area contributed by atoms with Crippen LogP contribution in [0.5, 0.6) is 5.75 Å². The second-order valence-corrected chi connectivity index (χ2v) is 7.81. The van der Waals surface area contributed by atoms with Gasteiger partial charge in [0.1, 0.15) is 24.2 Å². The summed E-state index contributed by atoms with van der Waals surface area (Å²) in [7, 11) is 0. The maximum absolute atomic E-state index is 13.0. The predicted molar refractivity (Wildman–Crippen MR) is 127 cm³/mol. The number of nitrogens with one attached hydrogen (secondary N) is 3. The molecule has 0 saturated carbocycles. The first-order valence-electron chi connectivity index (χ1n) is 11.2. The van der Waals surface area contributed by atoms with Gasteiger partial charge in [-0.15, -0.1) is 0 Å². The summed E-state index contributed by atoms with van der Waals surface area (Å²) in [5.74, 6) is 0.137. The fourth-order valence-corrected chi connectivity index (χ4v) is 3.22. The van der Waals surface area contributed by atoms with Crippen molar-refractivity contribution in [2.24, 2.45) is 0 Å². The molecule has 2 aromatic carbocycles. The first-order chi connectivity index (χ1) is 16.5. The van der Waals surface area contributed by atoms with Gasteiger partial charge in [-0.1, -0.05) is 43.7 Å². The second kappa shape index (κ2) is 12.9. The lowest BCUT2D eigenvalue weighted by molar-refractivity contribution is -0.123. The Balaban J connectivity index is 1.44. The Hall–Kier alpha value is -3.94. The number of benzene rings is 2. The van der Waals surface area contributed by atoms with E-state index in [-0.39, 0.29) is 18.3 Å². The molecule has 0 radical (unpaired) electrons. The number of ether oxygens (including phenoxy) is 1. The van der Waals surface area contributed by atoms with Gasteiger partial charge in [0.25, 0.3) is 0 Å². The van der Waals surface area contributed by atoms with E-state index < -0.39 is 12.1 Å². The smallest absolute Gasteiger partial charge is 0.315 e. The highest BCUT2D eigenvalue weighted by atomic mass is 19.1. The van der Waals surface area contributed by atoms with E-state index >= 15 is 0 Å². The largest absolute Gasteiger partial charge is 0.489 e. The number of amides is 3. The Morgan fingerprint density at radius 2 is 1.62 bits per heavy atom. The van der Waals surface area contributed by atoms with Crippen LogP contribution in [0.4, 0.5) is 9.18 Å². The number of hydrogen-bond donors (Lipinski definition) is 3. The number of carbonyl (C=O) groups is 2. The lowest BCUT2D eigenvalue weighted by Gasteiger charge is -2.18. The van der Waals surface area contributed by atoms with Crippen molar-refractivity contribution in [3.8, 4) is 5.75 Å². The zero-order valence-electron chi connectivity index (χ0n) is 19.1. The molecular formula is C26H29FN4O3. The van der Waals surface area contributed by atoms with E-state index in [0.717, 1.165) is 28.9 Å². The van der Waals surface area contributed by atoms with Crippen molar-refractivity contribution in [1.29, 1.82) is 0 Å². The molecule has 3 N–H and O–H groups in total. The van der Waals surface area contributed by atoms with Crippen molar-refractivity contribution in [1.82, 2.24) is 20.9 Å². The Kier molecular flexibility index (Phi) is 9.40. The Bertz CT molecular complexity index is 1040. The van der Waals surface area contributed by atoms with Crippen LogP contribution >= 0.6 is 0 Å². The Morgan fingerprint density at radius 3 is 2.26 bits per heavy atom. The zero-order chi connectivity index (χ0) is 24.2. The summed E-state index contributed by atoms with van der Waals surface area (Å²) in [6.45, 7) is 2.95. The van der Waals surface area contributed by atoms with Crippen LogP contribution < -0.4 is 20.7 Å². The molecule has 1 unspecified atom stereocenters. The molecule has 3 rings (SSSR count). The predicted octanol–water partition coefficient (Wildman–Crippen LogP) is 4.08. The van der Waals surface area contributed by atoms with Gasteiger partial charge in [0.05, 0.1) is 0 Å². The monoisotopic (exact) mass is 464 g/mol. The van der Waals surface area contributed by atoms with Gasteiger partial charge in [-0.2, -0.15) is 0 Å². The van der Waals surface area contributed by atoms with Crippen LogP contribution in [0.1, 0.15) is 36.5 Å². The van der Waals surface area contributed by atoms with Crippen molar-refractivity contribution in [2.45, 2.75) is 45.5 Å². The molecule has 0 aliphatic carbocycles. The molecule has 1 heterocycles. The summed E-state index contributed by atoms with van der Waals surface area (Å²) in [6.07, 6.45) is 4.72. The highest BCUT2D eigenvalue weighted by Gasteiger charge is 2.19. The summed E-state index contributed by atoms with van der Waals surface area (Å²) in [5.41, 5.74) is 2.66. The molecule has 0 spiro atoms. The fraction of sp³-hybridized carbons (Fsp3) is 0.269. The fourth-order valence-electron chi connectivity index (χ4n) is 3.22. The summed E-state index contributed by atoms with van der Waals surface area (Å²) < 4.78 is 18.7. The molecule has 7 nitrogen and oxygen atoms in total. The van der Waals surface area contributed by atoms with Crippen molar-refractivity contribution in [2.75, 3.05) is 0 Å². The normalized spacial score (nSPS) is 11.4. The highest BCUT2D eigenvalue weighted by Crippen LogP contribution is 2.14. The second-order valence-electron chi connectivity index (χ2n) is 7.81. The molecule has 0 saturated heterocycles. The van der Waals surface area contributed by atoms with Crippen LogP contribution in [0.2, 0.25) is 0 Å². The molecule has 8 heteroatoms. The van der Waals surface area contributed by atoms with Crippen molar-refractivity contribution in [3.05, 3.63) is 95.6 Å². The molecule has 0 aliphatic heterocycles. The SMILES string of the molecule is CCCC(NC(=O)NCc1ccc(F)cc1)C(=O)NCc1ccc(OCc2cccnc2)cc1. The summed E-state index contributed by atoms with van der Waals surface area (Å²) in [4.78, 5) is 29.0. The first kappa shape index (κ1) is 24.7. The standard InChI is InChI=1S/C26H29FN4O3/c1-2-4-24(31-26(33)30-17-19-6-10-22(27)11-7-19)25(32)29-16-20-8-12-23(13-9-20)34-18-21-5-3-14-28-15-21/h3,5-15,24H,2,4,16-18H2,1H3,(H,29,32)(H2,30,31,33). The van der Waals surface area contributed by atoms with E-state index in [2.05, 4.69) is 20.9 Å². The zero-order valence-corrected chi connectivity index (χ0v) is 19.1. The van der Waals surface area contributed by atoms with Crippen LogP contribution in [0.25, 0.3) is 0 Å². The average Bonchev–Trinajstić information content (AvgIpc) is 2.86. The number of hydrogen-bond acceptors (Lipinski definition) is 4. The van der Waals surface area contributed by atoms with E-state index in [4.69, 9.17) is 4.74 Å². The molecule has 1 aromatic heterocycles. The van der Waals surface area contributed by atoms with Crippen LogP contribution in [0.15, 0.2) is 73.1 Å². The van der Waals surface area contributed by atoms with Crippen LogP contribution in [-0.2, 0) is 24.5 Å². The number of nitrogens with zero attached hydrogens (tertiary/aromatic N) is 1. The molecule has 3 aromatic rings. The van der Waals surface area contributed by atoms with Gasteiger partial charge < -0.3 is 20.7 Å². The summed E-state index contributed by atoms with van der Waals surface area (Å²) >= 11 is 0. The molecule has 178 valence electrons. The summed E-state index contributed by atoms with van der Waals surface area (Å²) in [5, 5.41) is 8.29. The van der Waals surface area contributed by atoms with Gasteiger partial charge in [0.15, 0.2) is 0 Å². The summed E-state index contributed by atoms with van der Waals surface area (Å²) in [6, 6.07) is 16.0. The lowest BCUT2D eigenvalue weighted by atomic mass is 10.1. The number of pyridine rings is 1. The van der Waals surface area contributed by atoms with Crippen LogP contribution in [-0.4, -0.2) is 23.0 Å². The third-order valence-corrected chi connectivity index (χ3v) is 5.08. The first-order valence-corrected chi connectivity index (χ1v) is 11.2. The lowest BCUT2D eigenvalue weighted by Crippen LogP contribution is -2.49. The minimum Gasteiger partial charge on any atom is -0.489 e. The molecule has 3 amide bonds. The van der Waals surface area contributed by atoms with E-state index in [0.29, 0.717) is 19.6 Å². The van der Waals surface area contributed by atoms with Gasteiger partial charge in [-0.25, -0.2) is 9.18 Å². The van der Waals surface area contributed by atoms with Crippen LogP contribution in [0, 0.1) is 5.82 Å². The molecule has 1 atom stereocenters. The van der Waals surface area contributed by atoms with E-state index in [1.807, 2.05) is 43.3 Å². The quantitative estimate of drug-likeness (QED) is 0.399. The minimum absolute atomic E-state index is 0.238. The number of urea groups is 1. The van der Waals surface area contributed by atoms with Crippen molar-refractivity contribution < 1.29 is 18.7 Å². The third-order valence-electron chi connectivity index (χ3n) is 5.08. The molecular weight excluding hydrogens is 435 g/mol. The van der Waals surface area contributed by atoms with Gasteiger partial charge in [-0.05, 0) is 47.9 Å². The van der Waals surface area contributed by atoms with Gasteiger partial charge in [0, 0.05) is 31.0 Å². The topological polar surface area (TPSA) is 92.4 Å². The third kappa shape index (κ3) is 8.20. The van der Waals surface area contributed by atoms with E-state index in [1.165, 1.54) is 12.1 Å². The van der Waals surface area contributed by atoms with E-state index in [9.17, 15) is 14.0 Å². The van der Waals surface area contributed by atoms with Crippen LogP contribution in [0.3, 0.4) is 0 Å². The van der Waals surface area contributed by atoms with E-state index in [1.54, 1.807) is 24.5 Å². The van der Waals surface area contributed by atoms with Crippen molar-refractivity contribution >= 4 is 11.9 Å². The Morgan fingerprint density at radius 1 is 0.941 bits per heavy atom. The molecule has 34 heavy (non-hydrogen) atoms. The Labute approximate surface area is 198 Å².